The normalized spacial score (nSPS) is 16.6. The Morgan fingerprint density at radius 2 is 1.76 bits per heavy atom. The Bertz CT molecular complexity index is 712. The molecule has 2 aromatic carbocycles. The van der Waals surface area contributed by atoms with Gasteiger partial charge in [0.2, 0.25) is 5.91 Å². The number of hydrogen-bond acceptors (Lipinski definition) is 2. The van der Waals surface area contributed by atoms with Crippen molar-refractivity contribution in [3.05, 3.63) is 64.1 Å². The zero-order valence-electron chi connectivity index (χ0n) is 11.1. The molecule has 0 aromatic heterocycles. The van der Waals surface area contributed by atoms with E-state index in [9.17, 15) is 9.59 Å². The number of primary amides is 1. The van der Waals surface area contributed by atoms with Crippen LogP contribution in [0.25, 0.3) is 0 Å². The van der Waals surface area contributed by atoms with E-state index in [1.165, 1.54) is 4.90 Å². The minimum Gasteiger partial charge on any atom is -0.368 e. The fraction of sp³-hybridized carbons (Fsp3) is 0.125. The average molecular weight is 345 g/mol. The maximum atomic E-state index is 12.7. The number of halogens is 1. The van der Waals surface area contributed by atoms with E-state index in [1.54, 1.807) is 24.3 Å². The summed E-state index contributed by atoms with van der Waals surface area (Å²) in [5.74, 6) is -0.701. The number of nitrogens with zero attached hydrogens (tertiary/aromatic N) is 1. The molecule has 2 aromatic rings. The van der Waals surface area contributed by atoms with Crippen molar-refractivity contribution in [2.75, 3.05) is 4.90 Å². The van der Waals surface area contributed by atoms with E-state index >= 15 is 0 Å². The predicted molar refractivity (Wildman–Crippen MR) is 84.1 cm³/mol. The second-order valence-corrected chi connectivity index (χ2v) is 5.85. The number of nitrogens with two attached hydrogens (primary N) is 1. The first-order chi connectivity index (χ1) is 10.1. The fourth-order valence-corrected chi connectivity index (χ4v) is 2.86. The van der Waals surface area contributed by atoms with E-state index in [-0.39, 0.29) is 5.91 Å². The summed E-state index contributed by atoms with van der Waals surface area (Å²) in [6.45, 7) is 0. The molecule has 21 heavy (non-hydrogen) atoms. The summed E-state index contributed by atoms with van der Waals surface area (Å²) in [6.07, 6.45) is 0.466. The van der Waals surface area contributed by atoms with Crippen molar-refractivity contribution in [3.8, 4) is 0 Å². The van der Waals surface area contributed by atoms with Crippen molar-refractivity contribution in [2.45, 2.75) is 12.5 Å². The van der Waals surface area contributed by atoms with Crippen LogP contribution in [-0.2, 0) is 11.2 Å². The van der Waals surface area contributed by atoms with E-state index in [0.717, 1.165) is 15.7 Å². The van der Waals surface area contributed by atoms with Gasteiger partial charge in [-0.15, -0.1) is 0 Å². The third-order valence-electron chi connectivity index (χ3n) is 3.61. The van der Waals surface area contributed by atoms with Crippen molar-refractivity contribution >= 4 is 33.4 Å². The van der Waals surface area contributed by atoms with Crippen LogP contribution in [0.3, 0.4) is 0 Å². The molecular formula is C16H13BrN2O2. The number of amides is 2. The molecule has 0 saturated carbocycles. The van der Waals surface area contributed by atoms with Gasteiger partial charge < -0.3 is 5.73 Å². The molecule has 0 radical (unpaired) electrons. The highest BCUT2D eigenvalue weighted by molar-refractivity contribution is 9.10. The first-order valence-electron chi connectivity index (χ1n) is 6.54. The maximum Gasteiger partial charge on any atom is 0.259 e. The Morgan fingerprint density at radius 1 is 1.10 bits per heavy atom. The van der Waals surface area contributed by atoms with E-state index in [1.807, 2.05) is 24.3 Å². The molecule has 4 nitrogen and oxygen atoms in total. The molecule has 1 atom stereocenters. The molecule has 0 bridgehead atoms. The molecule has 0 aliphatic carbocycles. The van der Waals surface area contributed by atoms with Crippen LogP contribution in [0.2, 0.25) is 0 Å². The largest absolute Gasteiger partial charge is 0.368 e. The second kappa shape index (κ2) is 5.33. The van der Waals surface area contributed by atoms with E-state index in [0.29, 0.717) is 12.0 Å². The highest BCUT2D eigenvalue weighted by Crippen LogP contribution is 2.33. The number of fused-ring (bicyclic) bond motifs is 1. The molecule has 5 heteroatoms. The Labute approximate surface area is 130 Å². The summed E-state index contributed by atoms with van der Waals surface area (Å²) in [5.41, 5.74) is 7.72. The van der Waals surface area contributed by atoms with Crippen LogP contribution in [0.5, 0.6) is 0 Å². The Hall–Kier alpha value is -2.14. The van der Waals surface area contributed by atoms with Gasteiger partial charge in [-0.1, -0.05) is 34.1 Å². The first-order valence-corrected chi connectivity index (χ1v) is 7.33. The Morgan fingerprint density at radius 3 is 2.43 bits per heavy atom. The standard InChI is InChI=1S/C16H13BrN2O2/c17-12-7-5-10(6-8-12)16(21)19-13-4-2-1-3-11(13)9-14(19)15(18)20/h1-8,14H,9H2,(H2,18,20). The Kier molecular flexibility index (Phi) is 3.51. The summed E-state index contributed by atoms with van der Waals surface area (Å²) >= 11 is 3.34. The first kappa shape index (κ1) is 13.8. The lowest BCUT2D eigenvalue weighted by atomic mass is 10.1. The van der Waals surface area contributed by atoms with Gasteiger partial charge in [0.05, 0.1) is 0 Å². The highest BCUT2D eigenvalue weighted by Gasteiger charge is 2.37. The van der Waals surface area contributed by atoms with Gasteiger partial charge in [-0.2, -0.15) is 0 Å². The number of carbonyl (C=O) groups is 2. The van der Waals surface area contributed by atoms with Gasteiger partial charge in [-0.05, 0) is 35.9 Å². The SMILES string of the molecule is NC(=O)C1Cc2ccccc2N1C(=O)c1ccc(Br)cc1. The minimum atomic E-state index is -0.626. The fourth-order valence-electron chi connectivity index (χ4n) is 2.60. The lowest BCUT2D eigenvalue weighted by Gasteiger charge is -2.23. The number of rotatable bonds is 2. The van der Waals surface area contributed by atoms with E-state index < -0.39 is 11.9 Å². The van der Waals surface area contributed by atoms with Crippen molar-refractivity contribution in [1.29, 1.82) is 0 Å². The Balaban J connectivity index is 2.03. The number of anilines is 1. The molecule has 1 unspecified atom stereocenters. The van der Waals surface area contributed by atoms with Crippen LogP contribution in [0.1, 0.15) is 15.9 Å². The average Bonchev–Trinajstić information content (AvgIpc) is 2.87. The molecule has 1 aliphatic heterocycles. The summed E-state index contributed by atoms with van der Waals surface area (Å²) in [4.78, 5) is 25.9. The minimum absolute atomic E-state index is 0.212. The van der Waals surface area contributed by atoms with Crippen molar-refractivity contribution in [3.63, 3.8) is 0 Å². The van der Waals surface area contributed by atoms with Gasteiger partial charge in [0.25, 0.3) is 5.91 Å². The smallest absolute Gasteiger partial charge is 0.259 e. The van der Waals surface area contributed by atoms with Gasteiger partial charge in [0.1, 0.15) is 6.04 Å². The zero-order valence-corrected chi connectivity index (χ0v) is 12.7. The molecular weight excluding hydrogens is 332 g/mol. The monoisotopic (exact) mass is 344 g/mol. The third-order valence-corrected chi connectivity index (χ3v) is 4.14. The van der Waals surface area contributed by atoms with Crippen LogP contribution in [0, 0.1) is 0 Å². The van der Waals surface area contributed by atoms with Gasteiger partial charge in [0.15, 0.2) is 0 Å². The maximum absolute atomic E-state index is 12.7. The molecule has 0 spiro atoms. The second-order valence-electron chi connectivity index (χ2n) is 4.93. The summed E-state index contributed by atoms with van der Waals surface area (Å²) in [7, 11) is 0. The summed E-state index contributed by atoms with van der Waals surface area (Å²) < 4.78 is 0.896. The van der Waals surface area contributed by atoms with Gasteiger partial charge in [0, 0.05) is 22.1 Å². The number of carbonyl (C=O) groups excluding carboxylic acids is 2. The van der Waals surface area contributed by atoms with Crippen molar-refractivity contribution in [2.24, 2.45) is 5.73 Å². The van der Waals surface area contributed by atoms with Crippen LogP contribution in [0.15, 0.2) is 53.0 Å². The van der Waals surface area contributed by atoms with E-state index in [2.05, 4.69) is 15.9 Å². The van der Waals surface area contributed by atoms with Gasteiger partial charge >= 0.3 is 0 Å². The van der Waals surface area contributed by atoms with Crippen LogP contribution < -0.4 is 10.6 Å². The molecule has 3 rings (SSSR count). The van der Waals surface area contributed by atoms with Crippen LogP contribution >= 0.6 is 15.9 Å². The molecule has 1 heterocycles. The van der Waals surface area contributed by atoms with E-state index in [4.69, 9.17) is 5.73 Å². The van der Waals surface area contributed by atoms with Crippen LogP contribution in [-0.4, -0.2) is 17.9 Å². The predicted octanol–water partition coefficient (Wildman–Crippen LogP) is 2.51. The highest BCUT2D eigenvalue weighted by atomic mass is 79.9. The van der Waals surface area contributed by atoms with Crippen LogP contribution in [0.4, 0.5) is 5.69 Å². The lowest BCUT2D eigenvalue weighted by Crippen LogP contribution is -2.46. The molecule has 2 N–H and O–H groups in total. The lowest BCUT2D eigenvalue weighted by molar-refractivity contribution is -0.119. The van der Waals surface area contributed by atoms with Gasteiger partial charge in [-0.3, -0.25) is 14.5 Å². The topological polar surface area (TPSA) is 63.4 Å². The number of para-hydroxylation sites is 1. The number of hydrogen-bond donors (Lipinski definition) is 1. The third kappa shape index (κ3) is 2.45. The van der Waals surface area contributed by atoms with Crippen molar-refractivity contribution < 1.29 is 9.59 Å². The number of benzene rings is 2. The summed E-state index contributed by atoms with van der Waals surface area (Å²) in [5, 5.41) is 0. The molecule has 0 fully saturated rings. The zero-order chi connectivity index (χ0) is 15.0. The van der Waals surface area contributed by atoms with Gasteiger partial charge in [-0.25, -0.2) is 0 Å². The summed E-state index contributed by atoms with van der Waals surface area (Å²) in [6, 6.07) is 13.9. The molecule has 0 saturated heterocycles. The molecule has 1 aliphatic rings. The van der Waals surface area contributed by atoms with Crippen molar-refractivity contribution in [1.82, 2.24) is 0 Å². The quantitative estimate of drug-likeness (QED) is 0.909. The molecule has 2 amide bonds. The molecule has 106 valence electrons.